The predicted molar refractivity (Wildman–Crippen MR) is 56.9 cm³/mol. The number of hydrogen-bond acceptors (Lipinski definition) is 1. The van der Waals surface area contributed by atoms with E-state index in [-0.39, 0.29) is 0 Å². The monoisotopic (exact) mass is 189 g/mol. The van der Waals surface area contributed by atoms with Gasteiger partial charge in [0, 0.05) is 16.1 Å². The fourth-order valence-electron chi connectivity index (χ4n) is 2.41. The van der Waals surface area contributed by atoms with Crippen LogP contribution in [0.1, 0.15) is 31.2 Å². The maximum absolute atomic E-state index is 2.29. The third-order valence-electron chi connectivity index (χ3n) is 3.05. The summed E-state index contributed by atoms with van der Waals surface area (Å²) >= 11 is 2.08. The van der Waals surface area contributed by atoms with Crippen molar-refractivity contribution in [2.45, 2.75) is 35.8 Å². The first-order chi connectivity index (χ1) is 6.45. The minimum absolute atomic E-state index is 0.825. The molecule has 0 bridgehead atoms. The summed E-state index contributed by atoms with van der Waals surface area (Å²) < 4.78 is 0. The van der Waals surface area contributed by atoms with E-state index < -0.39 is 0 Å². The maximum Gasteiger partial charge on any atom is 0.0201 e. The molecular formula is C12H13S. The maximum atomic E-state index is 2.29. The Bertz CT molecular complexity index is 319. The van der Waals surface area contributed by atoms with Crippen LogP contribution in [0.2, 0.25) is 0 Å². The molecule has 1 aliphatic heterocycles. The van der Waals surface area contributed by atoms with Gasteiger partial charge in [-0.3, -0.25) is 0 Å². The lowest BCUT2D eigenvalue weighted by Gasteiger charge is -2.23. The van der Waals surface area contributed by atoms with E-state index >= 15 is 0 Å². The van der Waals surface area contributed by atoms with Crippen LogP contribution >= 0.6 is 11.8 Å². The molecule has 1 unspecified atom stereocenters. The molecule has 2 aliphatic rings. The Hall–Kier alpha value is -0.430. The molecule has 0 aromatic heterocycles. The molecule has 1 heteroatoms. The fourth-order valence-corrected chi connectivity index (χ4v) is 3.87. The van der Waals surface area contributed by atoms with Crippen molar-refractivity contribution >= 4 is 11.8 Å². The summed E-state index contributed by atoms with van der Waals surface area (Å²) in [6, 6.07) is 8.89. The first-order valence-corrected chi connectivity index (χ1v) is 5.95. The van der Waals surface area contributed by atoms with E-state index in [1.165, 1.54) is 30.6 Å². The van der Waals surface area contributed by atoms with Gasteiger partial charge in [0.15, 0.2) is 0 Å². The van der Waals surface area contributed by atoms with E-state index in [2.05, 4.69) is 36.0 Å². The molecule has 0 N–H and O–H groups in total. The Morgan fingerprint density at radius 3 is 3.08 bits per heavy atom. The van der Waals surface area contributed by atoms with E-state index in [0.717, 1.165) is 5.25 Å². The molecule has 1 heterocycles. The van der Waals surface area contributed by atoms with Gasteiger partial charge < -0.3 is 0 Å². The van der Waals surface area contributed by atoms with Crippen molar-refractivity contribution in [2.24, 2.45) is 0 Å². The van der Waals surface area contributed by atoms with Crippen LogP contribution in [-0.2, 0) is 0 Å². The van der Waals surface area contributed by atoms with Crippen molar-refractivity contribution in [3.05, 3.63) is 35.7 Å². The van der Waals surface area contributed by atoms with Gasteiger partial charge in [0.2, 0.25) is 0 Å². The molecular weight excluding hydrogens is 176 g/mol. The van der Waals surface area contributed by atoms with Gasteiger partial charge in [0.1, 0.15) is 0 Å². The van der Waals surface area contributed by atoms with E-state index in [0.29, 0.717) is 0 Å². The number of hydrogen-bond donors (Lipinski definition) is 0. The van der Waals surface area contributed by atoms with Crippen LogP contribution in [0.5, 0.6) is 0 Å². The minimum Gasteiger partial charge on any atom is -0.121 e. The van der Waals surface area contributed by atoms with Crippen LogP contribution in [0, 0.1) is 5.92 Å². The molecule has 0 amide bonds. The predicted octanol–water partition coefficient (Wildman–Crippen LogP) is 3.66. The molecule has 0 spiro atoms. The van der Waals surface area contributed by atoms with Crippen molar-refractivity contribution in [3.8, 4) is 0 Å². The van der Waals surface area contributed by atoms with Crippen LogP contribution in [0.4, 0.5) is 0 Å². The second-order valence-electron chi connectivity index (χ2n) is 3.87. The Morgan fingerprint density at radius 1 is 1.15 bits per heavy atom. The Balaban J connectivity index is 2.01. The second-order valence-corrected chi connectivity index (χ2v) is 5.12. The quantitative estimate of drug-likeness (QED) is 0.600. The molecule has 1 aromatic rings. The molecule has 0 nitrogen and oxygen atoms in total. The van der Waals surface area contributed by atoms with E-state index in [1.807, 2.05) is 0 Å². The lowest BCUT2D eigenvalue weighted by Crippen LogP contribution is -2.15. The SMILES string of the molecule is c1ccc2c(c1)SC1CCCC[C]21. The van der Waals surface area contributed by atoms with E-state index in [1.54, 1.807) is 11.5 Å². The van der Waals surface area contributed by atoms with Gasteiger partial charge in [-0.2, -0.15) is 0 Å². The van der Waals surface area contributed by atoms with Gasteiger partial charge in [-0.25, -0.2) is 0 Å². The van der Waals surface area contributed by atoms with Crippen LogP contribution in [-0.4, -0.2) is 5.25 Å². The fraction of sp³-hybridized carbons (Fsp3) is 0.417. The van der Waals surface area contributed by atoms with Crippen molar-refractivity contribution in [1.29, 1.82) is 0 Å². The third-order valence-corrected chi connectivity index (χ3v) is 4.47. The molecule has 1 aromatic carbocycles. The van der Waals surface area contributed by atoms with Crippen molar-refractivity contribution in [3.63, 3.8) is 0 Å². The topological polar surface area (TPSA) is 0 Å². The van der Waals surface area contributed by atoms with Crippen LogP contribution in [0.3, 0.4) is 0 Å². The standard InChI is InChI=1S/C12H13S/c1-3-7-11-9(5-1)10-6-2-4-8-12(10)13-11/h1,3,5,7,12H,2,4,6,8H2. The Kier molecular flexibility index (Phi) is 1.86. The van der Waals surface area contributed by atoms with Crippen molar-refractivity contribution < 1.29 is 0 Å². The van der Waals surface area contributed by atoms with Gasteiger partial charge in [0.25, 0.3) is 0 Å². The van der Waals surface area contributed by atoms with Gasteiger partial charge >= 0.3 is 0 Å². The molecule has 13 heavy (non-hydrogen) atoms. The Labute approximate surface area is 83.7 Å². The number of benzene rings is 1. The minimum atomic E-state index is 0.825. The summed E-state index contributed by atoms with van der Waals surface area (Å²) in [4.78, 5) is 1.52. The largest absolute Gasteiger partial charge is 0.121 e. The van der Waals surface area contributed by atoms with Crippen LogP contribution in [0.25, 0.3) is 0 Å². The summed E-state index contributed by atoms with van der Waals surface area (Å²) in [7, 11) is 0. The first-order valence-electron chi connectivity index (χ1n) is 5.07. The molecule has 0 saturated heterocycles. The average molecular weight is 189 g/mol. The Morgan fingerprint density at radius 2 is 2.08 bits per heavy atom. The molecule has 3 rings (SSSR count). The van der Waals surface area contributed by atoms with Crippen LogP contribution in [0.15, 0.2) is 29.2 Å². The van der Waals surface area contributed by atoms with Gasteiger partial charge in [0.05, 0.1) is 0 Å². The summed E-state index contributed by atoms with van der Waals surface area (Å²) in [5.74, 6) is 1.73. The molecule has 67 valence electrons. The highest BCUT2D eigenvalue weighted by atomic mass is 32.2. The zero-order valence-electron chi connectivity index (χ0n) is 7.62. The normalized spacial score (nSPS) is 26.9. The first kappa shape index (κ1) is 7.93. The van der Waals surface area contributed by atoms with Crippen molar-refractivity contribution in [1.82, 2.24) is 0 Å². The second kappa shape index (κ2) is 3.06. The molecule has 1 saturated carbocycles. The van der Waals surface area contributed by atoms with Gasteiger partial charge in [-0.05, 0) is 24.5 Å². The van der Waals surface area contributed by atoms with Crippen LogP contribution < -0.4 is 0 Å². The van der Waals surface area contributed by atoms with Gasteiger partial charge in [-0.1, -0.05) is 31.0 Å². The lowest BCUT2D eigenvalue weighted by molar-refractivity contribution is 0.567. The number of rotatable bonds is 0. The molecule has 1 radical (unpaired) electrons. The molecule has 1 atom stereocenters. The number of fused-ring (bicyclic) bond motifs is 3. The lowest BCUT2D eigenvalue weighted by atomic mass is 9.84. The molecule has 1 fully saturated rings. The summed E-state index contributed by atoms with van der Waals surface area (Å²) in [6.07, 6.45) is 5.57. The van der Waals surface area contributed by atoms with Gasteiger partial charge in [-0.15, -0.1) is 11.8 Å². The summed E-state index contributed by atoms with van der Waals surface area (Å²) in [5, 5.41) is 0.825. The summed E-state index contributed by atoms with van der Waals surface area (Å²) in [5.41, 5.74) is 1.55. The smallest absolute Gasteiger partial charge is 0.0201 e. The van der Waals surface area contributed by atoms with E-state index in [4.69, 9.17) is 0 Å². The van der Waals surface area contributed by atoms with Crippen molar-refractivity contribution in [2.75, 3.05) is 0 Å². The highest BCUT2D eigenvalue weighted by Gasteiger charge is 2.34. The highest BCUT2D eigenvalue weighted by molar-refractivity contribution is 8.00. The molecule has 1 aliphatic carbocycles. The zero-order chi connectivity index (χ0) is 8.67. The zero-order valence-corrected chi connectivity index (χ0v) is 8.44. The third kappa shape index (κ3) is 1.21. The number of thioether (sulfide) groups is 1. The highest BCUT2D eigenvalue weighted by Crippen LogP contribution is 2.50. The average Bonchev–Trinajstić information content (AvgIpc) is 2.56. The van der Waals surface area contributed by atoms with E-state index in [9.17, 15) is 0 Å². The summed E-state index contributed by atoms with van der Waals surface area (Å²) in [6.45, 7) is 0.